The molecule has 1 aliphatic heterocycles. The number of nitrogens with zero attached hydrogens (tertiary/aromatic N) is 3. The highest BCUT2D eigenvalue weighted by molar-refractivity contribution is 7.39. The summed E-state index contributed by atoms with van der Waals surface area (Å²) in [5.74, 6) is 0. The number of benzene rings is 1. The standard InChI is InChI=1S/C21H22N3O8P/c25-17-8-10-23(20-19(27)18(26)16(32-20)12-31-33(29)30)21(28)24(17)11-15-14(7-4-9-22-15)13-5-2-1-3-6-13/h1-10,16,18-20,26-27,29-30H,11-12H2. The van der Waals surface area contributed by atoms with E-state index in [2.05, 4.69) is 9.51 Å². The highest BCUT2D eigenvalue weighted by atomic mass is 31.2. The van der Waals surface area contributed by atoms with Crippen LogP contribution in [0.4, 0.5) is 0 Å². The number of aliphatic hydroxyl groups excluding tert-OH is 2. The van der Waals surface area contributed by atoms with E-state index in [-0.39, 0.29) is 6.54 Å². The lowest BCUT2D eigenvalue weighted by Crippen LogP contribution is -2.43. The fourth-order valence-corrected chi connectivity index (χ4v) is 3.98. The average Bonchev–Trinajstić information content (AvgIpc) is 3.10. The summed E-state index contributed by atoms with van der Waals surface area (Å²) in [6, 6.07) is 14.2. The quantitative estimate of drug-likeness (QED) is 0.345. The molecule has 0 bridgehead atoms. The summed E-state index contributed by atoms with van der Waals surface area (Å²) in [5.41, 5.74) is 0.794. The minimum absolute atomic E-state index is 0.124. The molecule has 3 aromatic rings. The van der Waals surface area contributed by atoms with Crippen LogP contribution in [0.25, 0.3) is 11.1 Å². The first kappa shape index (κ1) is 23.4. The number of rotatable bonds is 7. The Balaban J connectivity index is 1.66. The van der Waals surface area contributed by atoms with E-state index >= 15 is 0 Å². The second-order valence-electron chi connectivity index (χ2n) is 7.39. The zero-order valence-corrected chi connectivity index (χ0v) is 18.1. The number of hydrogen-bond donors (Lipinski definition) is 4. The summed E-state index contributed by atoms with van der Waals surface area (Å²) >= 11 is 0. The van der Waals surface area contributed by atoms with Gasteiger partial charge in [-0.05, 0) is 11.6 Å². The second-order valence-corrected chi connectivity index (χ2v) is 8.15. The number of aliphatic hydroxyl groups is 2. The van der Waals surface area contributed by atoms with Gasteiger partial charge in [-0.25, -0.2) is 4.79 Å². The lowest BCUT2D eigenvalue weighted by Gasteiger charge is -2.19. The molecule has 174 valence electrons. The lowest BCUT2D eigenvalue weighted by atomic mass is 10.0. The zero-order chi connectivity index (χ0) is 23.5. The van der Waals surface area contributed by atoms with Gasteiger partial charge in [0.25, 0.3) is 5.56 Å². The van der Waals surface area contributed by atoms with Crippen LogP contribution in [-0.4, -0.2) is 59.0 Å². The van der Waals surface area contributed by atoms with Crippen molar-refractivity contribution in [3.8, 4) is 11.1 Å². The van der Waals surface area contributed by atoms with Crippen molar-refractivity contribution in [1.29, 1.82) is 0 Å². The van der Waals surface area contributed by atoms with Crippen LogP contribution in [0.15, 0.2) is 70.5 Å². The van der Waals surface area contributed by atoms with Crippen molar-refractivity contribution in [1.82, 2.24) is 14.1 Å². The van der Waals surface area contributed by atoms with E-state index in [1.807, 2.05) is 36.4 Å². The first-order valence-electron chi connectivity index (χ1n) is 10.0. The van der Waals surface area contributed by atoms with Crippen molar-refractivity contribution in [3.63, 3.8) is 0 Å². The van der Waals surface area contributed by atoms with Gasteiger partial charge >= 0.3 is 14.3 Å². The summed E-state index contributed by atoms with van der Waals surface area (Å²) in [5, 5.41) is 20.6. The first-order chi connectivity index (χ1) is 15.9. The molecule has 0 radical (unpaired) electrons. The van der Waals surface area contributed by atoms with Crippen LogP contribution in [0, 0.1) is 0 Å². The third-order valence-electron chi connectivity index (χ3n) is 5.34. The number of pyridine rings is 1. The van der Waals surface area contributed by atoms with Crippen LogP contribution >= 0.6 is 8.60 Å². The highest BCUT2D eigenvalue weighted by Gasteiger charge is 2.44. The monoisotopic (exact) mass is 475 g/mol. The SMILES string of the molecule is O=c1ccn(C2OC(COP(O)O)C(O)C2O)c(=O)n1Cc1ncccc1-c1ccccc1. The van der Waals surface area contributed by atoms with Gasteiger partial charge in [0.2, 0.25) is 0 Å². The molecule has 0 aliphatic carbocycles. The number of ether oxygens (including phenoxy) is 1. The van der Waals surface area contributed by atoms with Crippen LogP contribution in [0.1, 0.15) is 11.9 Å². The summed E-state index contributed by atoms with van der Waals surface area (Å²) in [7, 11) is -2.68. The summed E-state index contributed by atoms with van der Waals surface area (Å²) in [4.78, 5) is 47.9. The average molecular weight is 475 g/mol. The summed E-state index contributed by atoms with van der Waals surface area (Å²) in [6.45, 7) is -0.531. The molecule has 0 amide bonds. The Kier molecular flexibility index (Phi) is 7.11. The van der Waals surface area contributed by atoms with E-state index < -0.39 is 51.0 Å². The molecular formula is C21H22N3O8P. The van der Waals surface area contributed by atoms with Gasteiger partial charge in [-0.15, -0.1) is 0 Å². The Bertz CT molecular complexity index is 1220. The molecule has 0 spiro atoms. The molecule has 1 aromatic carbocycles. The van der Waals surface area contributed by atoms with Gasteiger partial charge in [-0.2, -0.15) is 0 Å². The predicted octanol–water partition coefficient (Wildman–Crippen LogP) is -0.0324. The van der Waals surface area contributed by atoms with Crippen LogP contribution in [-0.2, 0) is 15.8 Å². The van der Waals surface area contributed by atoms with E-state index in [4.69, 9.17) is 14.5 Å². The molecule has 4 atom stereocenters. The van der Waals surface area contributed by atoms with E-state index in [0.29, 0.717) is 5.69 Å². The Labute approximate surface area is 188 Å². The van der Waals surface area contributed by atoms with Gasteiger partial charge in [-0.1, -0.05) is 36.4 Å². The molecule has 3 heterocycles. The molecule has 4 rings (SSSR count). The van der Waals surface area contributed by atoms with Gasteiger partial charge in [-0.3, -0.25) is 18.9 Å². The van der Waals surface area contributed by atoms with E-state index in [1.165, 1.54) is 6.20 Å². The molecule has 33 heavy (non-hydrogen) atoms. The zero-order valence-electron chi connectivity index (χ0n) is 17.2. The molecule has 11 nitrogen and oxygen atoms in total. The molecule has 0 saturated carbocycles. The Morgan fingerprint density at radius 3 is 2.52 bits per heavy atom. The second kappa shape index (κ2) is 10.0. The first-order valence-corrected chi connectivity index (χ1v) is 11.2. The smallest absolute Gasteiger partial charge is 0.333 e. The van der Waals surface area contributed by atoms with Crippen molar-refractivity contribution in [2.75, 3.05) is 6.61 Å². The fourth-order valence-electron chi connectivity index (χ4n) is 3.70. The molecule has 4 N–H and O–H groups in total. The molecule has 1 saturated heterocycles. The van der Waals surface area contributed by atoms with Crippen LogP contribution < -0.4 is 11.2 Å². The van der Waals surface area contributed by atoms with Crippen LogP contribution in [0.5, 0.6) is 0 Å². The van der Waals surface area contributed by atoms with Crippen LogP contribution in [0.3, 0.4) is 0 Å². The maximum absolute atomic E-state index is 13.2. The normalized spacial score (nSPS) is 22.7. The van der Waals surface area contributed by atoms with Gasteiger partial charge in [0.05, 0.1) is 18.8 Å². The van der Waals surface area contributed by atoms with Crippen molar-refractivity contribution in [2.45, 2.75) is 31.1 Å². The van der Waals surface area contributed by atoms with E-state index in [0.717, 1.165) is 26.3 Å². The topological polar surface area (TPSA) is 156 Å². The van der Waals surface area contributed by atoms with Gasteiger partial charge in [0.15, 0.2) is 6.23 Å². The minimum atomic E-state index is -2.68. The highest BCUT2D eigenvalue weighted by Crippen LogP contribution is 2.32. The van der Waals surface area contributed by atoms with Crippen molar-refractivity contribution >= 4 is 8.60 Å². The van der Waals surface area contributed by atoms with Crippen molar-refractivity contribution < 1.29 is 29.3 Å². The molecule has 2 aromatic heterocycles. The Morgan fingerprint density at radius 1 is 1.03 bits per heavy atom. The van der Waals surface area contributed by atoms with E-state index in [9.17, 15) is 19.8 Å². The number of hydrogen-bond acceptors (Lipinski definition) is 9. The molecule has 1 aliphatic rings. The largest absolute Gasteiger partial charge is 0.387 e. The predicted molar refractivity (Wildman–Crippen MR) is 117 cm³/mol. The third kappa shape index (κ3) is 4.94. The van der Waals surface area contributed by atoms with Gasteiger partial charge < -0.3 is 29.3 Å². The minimum Gasteiger partial charge on any atom is -0.387 e. The van der Waals surface area contributed by atoms with Gasteiger partial charge in [0, 0.05) is 24.0 Å². The van der Waals surface area contributed by atoms with Gasteiger partial charge in [0.1, 0.15) is 18.3 Å². The molecular weight excluding hydrogens is 453 g/mol. The maximum Gasteiger partial charge on any atom is 0.333 e. The summed E-state index contributed by atoms with van der Waals surface area (Å²) < 4.78 is 12.2. The Morgan fingerprint density at radius 2 is 1.79 bits per heavy atom. The van der Waals surface area contributed by atoms with Crippen LogP contribution in [0.2, 0.25) is 0 Å². The molecule has 1 fully saturated rings. The van der Waals surface area contributed by atoms with E-state index in [1.54, 1.807) is 12.3 Å². The molecule has 4 unspecified atom stereocenters. The van der Waals surface area contributed by atoms with Crippen molar-refractivity contribution in [3.05, 3.63) is 87.5 Å². The Hall–Kier alpha value is -2.76. The maximum atomic E-state index is 13.2. The third-order valence-corrected chi connectivity index (χ3v) is 5.72. The fraction of sp³-hybridized carbons (Fsp3) is 0.286. The molecule has 12 heteroatoms. The lowest BCUT2D eigenvalue weighted by molar-refractivity contribution is -0.0531. The summed E-state index contributed by atoms with van der Waals surface area (Å²) in [6.07, 6.45) is -2.64. The number of aromatic nitrogens is 3. The van der Waals surface area contributed by atoms with Crippen molar-refractivity contribution in [2.24, 2.45) is 0 Å².